The number of benzene rings is 1. The van der Waals surface area contributed by atoms with E-state index in [4.69, 9.17) is 23.2 Å². The van der Waals surface area contributed by atoms with Crippen LogP contribution in [0.1, 0.15) is 18.9 Å². The van der Waals surface area contributed by atoms with Gasteiger partial charge < -0.3 is 5.32 Å². The predicted molar refractivity (Wildman–Crippen MR) is 92.6 cm³/mol. The second kappa shape index (κ2) is 6.97. The van der Waals surface area contributed by atoms with Crippen molar-refractivity contribution in [2.75, 3.05) is 25.1 Å². The van der Waals surface area contributed by atoms with Crippen LogP contribution in [0.15, 0.2) is 18.2 Å². The van der Waals surface area contributed by atoms with Gasteiger partial charge >= 0.3 is 0 Å². The van der Waals surface area contributed by atoms with Crippen molar-refractivity contribution in [1.82, 2.24) is 10.2 Å². The molecule has 8 heteroatoms. The van der Waals surface area contributed by atoms with Crippen LogP contribution in [-0.2, 0) is 21.2 Å². The number of hydrogen-bond acceptors (Lipinski definition) is 4. The maximum Gasteiger partial charge on any atom is 0.234 e. The molecule has 2 rings (SSSR count). The minimum Gasteiger partial charge on any atom is -0.349 e. The van der Waals surface area contributed by atoms with Gasteiger partial charge in [-0.05, 0) is 38.1 Å². The number of carbonyl (C=O) groups is 1. The molecule has 1 N–H and O–H groups in total. The molecule has 1 aromatic carbocycles. The monoisotopic (exact) mass is 378 g/mol. The summed E-state index contributed by atoms with van der Waals surface area (Å²) >= 11 is 11.9. The number of rotatable bonds is 5. The average molecular weight is 379 g/mol. The van der Waals surface area contributed by atoms with Crippen molar-refractivity contribution in [1.29, 1.82) is 0 Å². The fraction of sp³-hybridized carbons (Fsp3) is 0.533. The Hall–Kier alpha value is -0.820. The minimum absolute atomic E-state index is 0.00223. The van der Waals surface area contributed by atoms with E-state index in [0.29, 0.717) is 23.0 Å². The first-order valence-electron chi connectivity index (χ1n) is 7.22. The van der Waals surface area contributed by atoms with Crippen LogP contribution in [0.4, 0.5) is 0 Å². The molecule has 0 spiro atoms. The molecule has 1 saturated heterocycles. The zero-order chi connectivity index (χ0) is 17.3. The Labute approximate surface area is 146 Å². The molecule has 1 atom stereocenters. The van der Waals surface area contributed by atoms with Gasteiger partial charge in [0.05, 0.1) is 33.6 Å². The van der Waals surface area contributed by atoms with Crippen molar-refractivity contribution >= 4 is 38.9 Å². The summed E-state index contributed by atoms with van der Waals surface area (Å²) in [6.45, 7) is 2.49. The highest BCUT2D eigenvalue weighted by Gasteiger charge is 2.39. The molecule has 23 heavy (non-hydrogen) atoms. The van der Waals surface area contributed by atoms with Crippen LogP contribution < -0.4 is 5.32 Å². The van der Waals surface area contributed by atoms with E-state index >= 15 is 0 Å². The molecular formula is C15H20Cl2N2O3S. The summed E-state index contributed by atoms with van der Waals surface area (Å²) in [5.74, 6) is -0.0577. The Kier molecular flexibility index (Phi) is 5.61. The average Bonchev–Trinajstić information content (AvgIpc) is 2.67. The third-order valence-corrected chi connectivity index (χ3v) is 6.44. The summed E-state index contributed by atoms with van der Waals surface area (Å²) in [5.41, 5.74) is 0.282. The zero-order valence-corrected chi connectivity index (χ0v) is 15.4. The second-order valence-electron chi connectivity index (χ2n) is 6.37. The van der Waals surface area contributed by atoms with E-state index in [9.17, 15) is 13.2 Å². The van der Waals surface area contributed by atoms with Gasteiger partial charge in [-0.15, -0.1) is 0 Å². The van der Waals surface area contributed by atoms with Gasteiger partial charge in [0, 0.05) is 6.54 Å². The first-order valence-corrected chi connectivity index (χ1v) is 9.80. The Balaban J connectivity index is 1.88. The van der Waals surface area contributed by atoms with Crippen molar-refractivity contribution in [2.45, 2.75) is 25.4 Å². The highest BCUT2D eigenvalue weighted by Crippen LogP contribution is 2.24. The Morgan fingerprint density at radius 1 is 1.35 bits per heavy atom. The number of nitrogens with zero attached hydrogens (tertiary/aromatic N) is 1. The summed E-state index contributed by atoms with van der Waals surface area (Å²) in [7, 11) is -1.23. The van der Waals surface area contributed by atoms with Crippen molar-refractivity contribution in [3.8, 4) is 0 Å². The van der Waals surface area contributed by atoms with Crippen LogP contribution in [0, 0.1) is 0 Å². The van der Waals surface area contributed by atoms with E-state index in [1.165, 1.54) is 0 Å². The highest BCUT2D eigenvalue weighted by atomic mass is 35.5. The summed E-state index contributed by atoms with van der Waals surface area (Å²) < 4.78 is 23.1. The first kappa shape index (κ1) is 18.5. The van der Waals surface area contributed by atoms with Crippen LogP contribution in [0.3, 0.4) is 0 Å². The number of likely N-dealkylation sites (N-methyl/N-ethyl adjacent to an activating group) is 1. The molecule has 1 aliphatic heterocycles. The lowest BCUT2D eigenvalue weighted by atomic mass is 10.0. The molecule has 1 fully saturated rings. The van der Waals surface area contributed by atoms with Gasteiger partial charge in [0.1, 0.15) is 0 Å². The molecule has 1 unspecified atom stereocenters. The Morgan fingerprint density at radius 3 is 2.61 bits per heavy atom. The van der Waals surface area contributed by atoms with Gasteiger partial charge in [-0.2, -0.15) is 0 Å². The highest BCUT2D eigenvalue weighted by molar-refractivity contribution is 7.91. The number of sulfone groups is 1. The van der Waals surface area contributed by atoms with Crippen molar-refractivity contribution in [3.63, 3.8) is 0 Å². The van der Waals surface area contributed by atoms with Gasteiger partial charge in [-0.3, -0.25) is 9.69 Å². The number of halogens is 2. The van der Waals surface area contributed by atoms with E-state index in [-0.39, 0.29) is 24.0 Å². The topological polar surface area (TPSA) is 66.5 Å². The first-order chi connectivity index (χ1) is 10.6. The van der Waals surface area contributed by atoms with E-state index < -0.39 is 15.4 Å². The van der Waals surface area contributed by atoms with Crippen LogP contribution in [0.2, 0.25) is 10.0 Å². The normalized spacial score (nSPS) is 23.2. The molecule has 1 aliphatic rings. The van der Waals surface area contributed by atoms with Crippen LogP contribution in [0.25, 0.3) is 0 Å². The predicted octanol–water partition coefficient (Wildman–Crippen LogP) is 2.12. The SMILES string of the molecule is CN(CC(=O)NC1(C)CCS(=O)(=O)C1)Cc1ccc(Cl)c(Cl)c1. The van der Waals surface area contributed by atoms with Gasteiger partial charge in [0.25, 0.3) is 0 Å². The van der Waals surface area contributed by atoms with Crippen molar-refractivity contribution in [3.05, 3.63) is 33.8 Å². The maximum atomic E-state index is 12.1. The van der Waals surface area contributed by atoms with E-state index in [1.807, 2.05) is 18.0 Å². The molecule has 1 heterocycles. The largest absolute Gasteiger partial charge is 0.349 e. The fourth-order valence-electron chi connectivity index (χ4n) is 2.74. The number of nitrogens with one attached hydrogen (secondary N) is 1. The number of hydrogen-bond donors (Lipinski definition) is 1. The summed E-state index contributed by atoms with van der Waals surface area (Å²) in [5, 5.41) is 3.81. The molecule has 128 valence electrons. The van der Waals surface area contributed by atoms with Crippen molar-refractivity contribution < 1.29 is 13.2 Å². The smallest absolute Gasteiger partial charge is 0.234 e. The third-order valence-electron chi connectivity index (χ3n) is 3.79. The van der Waals surface area contributed by atoms with Gasteiger partial charge in [-0.25, -0.2) is 8.42 Å². The Bertz CT molecular complexity index is 709. The molecular weight excluding hydrogens is 359 g/mol. The molecule has 0 aromatic heterocycles. The van der Waals surface area contributed by atoms with Gasteiger partial charge in [0.2, 0.25) is 5.91 Å². The molecule has 0 bridgehead atoms. The van der Waals surface area contributed by atoms with Crippen molar-refractivity contribution in [2.24, 2.45) is 0 Å². The number of carbonyl (C=O) groups excluding carboxylic acids is 1. The van der Waals surface area contributed by atoms with Crippen LogP contribution in [0.5, 0.6) is 0 Å². The standard InChI is InChI=1S/C15H20Cl2N2O3S/c1-15(5-6-23(21,22)10-15)18-14(20)9-19(2)8-11-3-4-12(16)13(17)7-11/h3-4,7H,5-6,8-10H2,1-2H3,(H,18,20). The van der Waals surface area contributed by atoms with E-state index in [2.05, 4.69) is 5.32 Å². The lowest BCUT2D eigenvalue weighted by Gasteiger charge is -2.25. The maximum absolute atomic E-state index is 12.1. The van der Waals surface area contributed by atoms with Crippen LogP contribution in [-0.4, -0.2) is 49.9 Å². The van der Waals surface area contributed by atoms with Gasteiger partial charge in [0.15, 0.2) is 9.84 Å². The molecule has 0 radical (unpaired) electrons. The molecule has 0 aliphatic carbocycles. The quantitative estimate of drug-likeness (QED) is 0.851. The fourth-order valence-corrected chi connectivity index (χ4v) is 5.15. The number of amides is 1. The lowest BCUT2D eigenvalue weighted by Crippen LogP contribution is -2.49. The lowest BCUT2D eigenvalue weighted by molar-refractivity contribution is -0.123. The zero-order valence-electron chi connectivity index (χ0n) is 13.1. The molecule has 1 aromatic rings. The molecule has 0 saturated carbocycles. The minimum atomic E-state index is -3.04. The van der Waals surface area contributed by atoms with Gasteiger partial charge in [-0.1, -0.05) is 29.3 Å². The molecule has 1 amide bonds. The molecule has 5 nitrogen and oxygen atoms in total. The summed E-state index contributed by atoms with van der Waals surface area (Å²) in [6, 6.07) is 5.34. The van der Waals surface area contributed by atoms with Crippen LogP contribution >= 0.6 is 23.2 Å². The third kappa shape index (κ3) is 5.35. The van der Waals surface area contributed by atoms with E-state index in [1.54, 1.807) is 19.1 Å². The Morgan fingerprint density at radius 2 is 2.04 bits per heavy atom. The van der Waals surface area contributed by atoms with E-state index in [0.717, 1.165) is 5.56 Å². The summed E-state index contributed by atoms with van der Waals surface area (Å²) in [6.07, 6.45) is 0.456. The second-order valence-corrected chi connectivity index (χ2v) is 9.37. The summed E-state index contributed by atoms with van der Waals surface area (Å²) in [4.78, 5) is 14.0.